The third-order valence-electron chi connectivity index (χ3n) is 2.36. The highest BCUT2D eigenvalue weighted by molar-refractivity contribution is 9.11. The van der Waals surface area contributed by atoms with E-state index >= 15 is 0 Å². The Hall–Kier alpha value is -0.750. The predicted octanol–water partition coefficient (Wildman–Crippen LogP) is 3.04. The van der Waals surface area contributed by atoms with Gasteiger partial charge in [-0.15, -0.1) is 0 Å². The first-order valence-electron chi connectivity index (χ1n) is 5.16. The maximum atomic E-state index is 11.2. The van der Waals surface area contributed by atoms with Crippen molar-refractivity contribution in [1.29, 1.82) is 0 Å². The van der Waals surface area contributed by atoms with E-state index in [4.69, 9.17) is 9.47 Å². The van der Waals surface area contributed by atoms with Crippen molar-refractivity contribution in [3.8, 4) is 5.75 Å². The molecule has 1 aliphatic rings. The quantitative estimate of drug-likeness (QED) is 0.824. The second-order valence-electron chi connectivity index (χ2n) is 3.52. The summed E-state index contributed by atoms with van der Waals surface area (Å²) >= 11 is 6.78. The molecule has 0 radical (unpaired) electrons. The van der Waals surface area contributed by atoms with Gasteiger partial charge in [0.05, 0.1) is 17.6 Å². The smallest absolute Gasteiger partial charge is 0.410 e. The van der Waals surface area contributed by atoms with Crippen molar-refractivity contribution >= 4 is 38.0 Å². The Balaban J connectivity index is 1.83. The van der Waals surface area contributed by atoms with E-state index in [9.17, 15) is 4.79 Å². The van der Waals surface area contributed by atoms with Crippen LogP contribution in [0.1, 0.15) is 0 Å². The van der Waals surface area contributed by atoms with Crippen LogP contribution in [0.15, 0.2) is 27.1 Å². The fraction of sp³-hybridized carbons (Fsp3) is 0.364. The highest BCUT2D eigenvalue weighted by Gasteiger charge is 2.21. The normalized spacial score (nSPS) is 14.9. The molecule has 0 atom stereocenters. The first kappa shape index (κ1) is 12.7. The molecular formula is C11H11Br2NO3. The molecule has 1 aromatic rings. The molecule has 1 amide bonds. The Labute approximate surface area is 116 Å². The van der Waals surface area contributed by atoms with Crippen LogP contribution in [0.4, 0.5) is 4.79 Å². The molecule has 1 fully saturated rings. The first-order valence-corrected chi connectivity index (χ1v) is 6.75. The predicted molar refractivity (Wildman–Crippen MR) is 70.3 cm³/mol. The number of hydrogen-bond donors (Lipinski definition) is 0. The molecule has 1 aliphatic heterocycles. The first-order chi connectivity index (χ1) is 8.16. The number of hydrogen-bond acceptors (Lipinski definition) is 3. The molecule has 1 heterocycles. The molecule has 1 saturated heterocycles. The molecule has 0 aliphatic carbocycles. The van der Waals surface area contributed by atoms with E-state index in [1.165, 1.54) is 0 Å². The second kappa shape index (κ2) is 5.73. The fourth-order valence-corrected chi connectivity index (χ4v) is 2.65. The SMILES string of the molecule is O=C1OCCN1CCOc1ccc(Br)cc1Br. The van der Waals surface area contributed by atoms with Gasteiger partial charge in [-0.1, -0.05) is 15.9 Å². The molecule has 92 valence electrons. The monoisotopic (exact) mass is 363 g/mol. The van der Waals surface area contributed by atoms with Crippen LogP contribution in [-0.4, -0.2) is 37.3 Å². The Kier molecular flexibility index (Phi) is 4.28. The summed E-state index contributed by atoms with van der Waals surface area (Å²) in [5.74, 6) is 0.765. The van der Waals surface area contributed by atoms with Gasteiger partial charge < -0.3 is 14.4 Å². The zero-order valence-corrected chi connectivity index (χ0v) is 12.2. The lowest BCUT2D eigenvalue weighted by molar-refractivity contribution is 0.153. The summed E-state index contributed by atoms with van der Waals surface area (Å²) in [4.78, 5) is 12.8. The number of benzene rings is 1. The maximum Gasteiger partial charge on any atom is 0.410 e. The molecule has 4 nitrogen and oxygen atoms in total. The van der Waals surface area contributed by atoms with Gasteiger partial charge in [0.25, 0.3) is 0 Å². The average molecular weight is 365 g/mol. The topological polar surface area (TPSA) is 38.8 Å². The van der Waals surface area contributed by atoms with Gasteiger partial charge in [0.15, 0.2) is 0 Å². The van der Waals surface area contributed by atoms with E-state index in [2.05, 4.69) is 31.9 Å². The van der Waals surface area contributed by atoms with Crippen molar-refractivity contribution in [2.45, 2.75) is 0 Å². The van der Waals surface area contributed by atoms with Gasteiger partial charge in [0.2, 0.25) is 0 Å². The van der Waals surface area contributed by atoms with Crippen molar-refractivity contribution in [2.24, 2.45) is 0 Å². The number of carbonyl (C=O) groups is 1. The van der Waals surface area contributed by atoms with E-state index in [0.29, 0.717) is 26.3 Å². The van der Waals surface area contributed by atoms with Crippen molar-refractivity contribution in [2.75, 3.05) is 26.3 Å². The molecule has 0 unspecified atom stereocenters. The fourth-order valence-electron chi connectivity index (χ4n) is 1.49. The van der Waals surface area contributed by atoms with Gasteiger partial charge in [-0.25, -0.2) is 4.79 Å². The lowest BCUT2D eigenvalue weighted by Gasteiger charge is -2.13. The van der Waals surface area contributed by atoms with Gasteiger partial charge >= 0.3 is 6.09 Å². The van der Waals surface area contributed by atoms with Crippen LogP contribution < -0.4 is 4.74 Å². The van der Waals surface area contributed by atoms with Crippen LogP contribution in [-0.2, 0) is 4.74 Å². The van der Waals surface area contributed by atoms with Crippen molar-refractivity contribution in [3.63, 3.8) is 0 Å². The number of carbonyl (C=O) groups excluding carboxylic acids is 1. The zero-order valence-electron chi connectivity index (χ0n) is 8.99. The number of cyclic esters (lactones) is 1. The standard InChI is InChI=1S/C11H11Br2NO3/c12-8-1-2-10(9(13)7-8)16-5-3-14-4-6-17-11(14)15/h1-2,7H,3-6H2. The lowest BCUT2D eigenvalue weighted by atomic mass is 10.3. The summed E-state index contributed by atoms with van der Waals surface area (Å²) in [5.41, 5.74) is 0. The minimum absolute atomic E-state index is 0.261. The van der Waals surface area contributed by atoms with Gasteiger partial charge in [-0.05, 0) is 34.1 Å². The van der Waals surface area contributed by atoms with E-state index in [-0.39, 0.29) is 6.09 Å². The number of rotatable bonds is 4. The number of amides is 1. The van der Waals surface area contributed by atoms with E-state index in [0.717, 1.165) is 14.7 Å². The Bertz CT molecular complexity index is 425. The van der Waals surface area contributed by atoms with Gasteiger partial charge in [-0.3, -0.25) is 0 Å². The van der Waals surface area contributed by atoms with Crippen molar-refractivity contribution < 1.29 is 14.3 Å². The van der Waals surface area contributed by atoms with E-state index < -0.39 is 0 Å². The van der Waals surface area contributed by atoms with Crippen LogP contribution >= 0.6 is 31.9 Å². The maximum absolute atomic E-state index is 11.2. The molecule has 0 aromatic heterocycles. The molecule has 1 aromatic carbocycles. The van der Waals surface area contributed by atoms with E-state index in [1.54, 1.807) is 4.90 Å². The van der Waals surface area contributed by atoms with E-state index in [1.807, 2.05) is 18.2 Å². The molecular weight excluding hydrogens is 354 g/mol. The zero-order chi connectivity index (χ0) is 12.3. The summed E-state index contributed by atoms with van der Waals surface area (Å²) in [6.45, 7) is 2.11. The Morgan fingerprint density at radius 3 is 2.88 bits per heavy atom. The molecule has 6 heteroatoms. The molecule has 0 saturated carbocycles. The van der Waals surface area contributed by atoms with Gasteiger partial charge in [-0.2, -0.15) is 0 Å². The van der Waals surface area contributed by atoms with Crippen LogP contribution in [0.25, 0.3) is 0 Å². The number of nitrogens with zero attached hydrogens (tertiary/aromatic N) is 1. The van der Waals surface area contributed by atoms with Crippen molar-refractivity contribution in [3.05, 3.63) is 27.1 Å². The van der Waals surface area contributed by atoms with Crippen LogP contribution in [0.5, 0.6) is 5.75 Å². The molecule has 2 rings (SSSR count). The van der Waals surface area contributed by atoms with Gasteiger partial charge in [0, 0.05) is 4.47 Å². The third kappa shape index (κ3) is 3.35. The molecule has 0 spiro atoms. The minimum atomic E-state index is -0.261. The highest BCUT2D eigenvalue weighted by atomic mass is 79.9. The lowest BCUT2D eigenvalue weighted by Crippen LogP contribution is -2.29. The summed E-state index contributed by atoms with van der Waals surface area (Å²) < 4.78 is 12.3. The Morgan fingerprint density at radius 2 is 2.24 bits per heavy atom. The number of halogens is 2. The summed E-state index contributed by atoms with van der Waals surface area (Å²) in [5, 5.41) is 0. The minimum Gasteiger partial charge on any atom is -0.491 e. The summed E-state index contributed by atoms with van der Waals surface area (Å²) in [6, 6.07) is 5.69. The average Bonchev–Trinajstić information content (AvgIpc) is 2.68. The second-order valence-corrected chi connectivity index (χ2v) is 5.29. The molecule has 0 bridgehead atoms. The molecule has 17 heavy (non-hydrogen) atoms. The van der Waals surface area contributed by atoms with Crippen molar-refractivity contribution in [1.82, 2.24) is 4.90 Å². The number of ether oxygens (including phenoxy) is 2. The molecule has 0 N–H and O–H groups in total. The van der Waals surface area contributed by atoms with Crippen LogP contribution in [0, 0.1) is 0 Å². The van der Waals surface area contributed by atoms with Crippen LogP contribution in [0.2, 0.25) is 0 Å². The highest BCUT2D eigenvalue weighted by Crippen LogP contribution is 2.28. The third-order valence-corrected chi connectivity index (χ3v) is 3.47. The Morgan fingerprint density at radius 1 is 1.41 bits per heavy atom. The summed E-state index contributed by atoms with van der Waals surface area (Å²) in [6.07, 6.45) is -0.261. The van der Waals surface area contributed by atoms with Crippen LogP contribution in [0.3, 0.4) is 0 Å². The van der Waals surface area contributed by atoms with Gasteiger partial charge in [0.1, 0.15) is 19.0 Å². The summed E-state index contributed by atoms with van der Waals surface area (Å²) in [7, 11) is 0. The largest absolute Gasteiger partial charge is 0.491 e.